The zero-order chi connectivity index (χ0) is 25.8. The summed E-state index contributed by atoms with van der Waals surface area (Å²) in [4.78, 5) is 17.3. The molecule has 4 nitrogen and oxygen atoms in total. The van der Waals surface area contributed by atoms with Crippen molar-refractivity contribution >= 4 is 23.2 Å². The van der Waals surface area contributed by atoms with Gasteiger partial charge in [-0.05, 0) is 48.4 Å². The minimum absolute atomic E-state index is 0.116. The number of carbonyl (C=O) groups excluding carboxylic acids is 1. The van der Waals surface area contributed by atoms with Gasteiger partial charge < -0.3 is 10.2 Å². The molecular weight excluding hydrogens is 505 g/mol. The van der Waals surface area contributed by atoms with Crippen molar-refractivity contribution in [1.82, 2.24) is 5.32 Å². The fraction of sp³-hybridized carbons (Fsp3) is 0.391. The Balaban J connectivity index is 1.58. The number of alkyl halides is 7. The van der Waals surface area contributed by atoms with Crippen molar-refractivity contribution in [2.24, 2.45) is 5.16 Å². The molecule has 188 valence electrons. The molecule has 1 aliphatic carbocycles. The lowest BCUT2D eigenvalue weighted by Crippen LogP contribution is -2.50. The number of benzene rings is 2. The first-order chi connectivity index (χ1) is 16.2. The summed E-state index contributed by atoms with van der Waals surface area (Å²) in [6, 6.07) is 5.92. The average molecular weight is 523 g/mol. The molecule has 1 fully saturated rings. The van der Waals surface area contributed by atoms with E-state index >= 15 is 0 Å². The third-order valence-electron chi connectivity index (χ3n) is 6.05. The van der Waals surface area contributed by atoms with E-state index in [2.05, 4.69) is 10.5 Å². The zero-order valence-electron chi connectivity index (χ0n) is 18.0. The summed E-state index contributed by atoms with van der Waals surface area (Å²) in [7, 11) is 0. The highest BCUT2D eigenvalue weighted by atomic mass is 35.5. The van der Waals surface area contributed by atoms with Gasteiger partial charge in [-0.15, -0.1) is 0 Å². The van der Waals surface area contributed by atoms with E-state index in [9.17, 15) is 35.5 Å². The highest BCUT2D eigenvalue weighted by Crippen LogP contribution is 2.50. The van der Waals surface area contributed by atoms with E-state index in [1.807, 2.05) is 0 Å². The quantitative estimate of drug-likeness (QED) is 0.445. The number of aryl methyl sites for hydroxylation is 1. The Kier molecular flexibility index (Phi) is 6.27. The summed E-state index contributed by atoms with van der Waals surface area (Å²) >= 11 is 5.80. The van der Waals surface area contributed by atoms with Gasteiger partial charge in [0, 0.05) is 47.0 Å². The normalized spacial score (nSPS) is 21.9. The monoisotopic (exact) mass is 522 g/mol. The predicted molar refractivity (Wildman–Crippen MR) is 113 cm³/mol. The summed E-state index contributed by atoms with van der Waals surface area (Å²) in [6.07, 6.45) is -9.81. The maximum atomic E-state index is 14.2. The molecule has 0 aromatic heterocycles. The lowest BCUT2D eigenvalue weighted by Gasteiger charge is -2.35. The average Bonchev–Trinajstić information content (AvgIpc) is 3.19. The van der Waals surface area contributed by atoms with Gasteiger partial charge in [0.1, 0.15) is 0 Å². The molecule has 2 aliphatic rings. The second-order valence-corrected chi connectivity index (χ2v) is 9.11. The number of nitrogens with one attached hydrogen (secondary N) is 1. The van der Waals surface area contributed by atoms with E-state index in [0.29, 0.717) is 11.6 Å². The molecule has 1 aliphatic heterocycles. The van der Waals surface area contributed by atoms with Crippen LogP contribution in [0.1, 0.15) is 58.3 Å². The van der Waals surface area contributed by atoms with Gasteiger partial charge in [0.2, 0.25) is 0 Å². The van der Waals surface area contributed by atoms with Gasteiger partial charge in [0.15, 0.2) is 0 Å². The summed E-state index contributed by atoms with van der Waals surface area (Å²) in [5.74, 6) is -3.39. The van der Waals surface area contributed by atoms with Gasteiger partial charge in [0.05, 0.1) is 5.71 Å². The van der Waals surface area contributed by atoms with Crippen molar-refractivity contribution in [2.45, 2.75) is 56.4 Å². The lowest BCUT2D eigenvalue weighted by molar-refractivity contribution is -0.275. The molecule has 35 heavy (non-hydrogen) atoms. The van der Waals surface area contributed by atoms with Crippen LogP contribution in [0, 0.1) is 6.92 Å². The van der Waals surface area contributed by atoms with Gasteiger partial charge in [-0.2, -0.15) is 13.2 Å². The molecule has 0 radical (unpaired) electrons. The SMILES string of the molecule is Cc1cc(C2=NO[C@@](c3cc(Cl)cc(C(F)F)c3)(C(F)(F)F)C2)ccc1C(=O)NC1CC(F)(F)C1. The van der Waals surface area contributed by atoms with Crippen molar-refractivity contribution in [3.05, 3.63) is 69.2 Å². The zero-order valence-corrected chi connectivity index (χ0v) is 18.8. The topological polar surface area (TPSA) is 50.7 Å². The molecule has 1 N–H and O–H groups in total. The van der Waals surface area contributed by atoms with Gasteiger partial charge in [-0.25, -0.2) is 17.6 Å². The Hall–Kier alpha value is -2.82. The van der Waals surface area contributed by atoms with Crippen molar-refractivity contribution in [2.75, 3.05) is 0 Å². The molecule has 12 heteroatoms. The van der Waals surface area contributed by atoms with Crippen LogP contribution in [0.5, 0.6) is 0 Å². The number of hydrogen-bond acceptors (Lipinski definition) is 3. The molecule has 2 aromatic rings. The van der Waals surface area contributed by atoms with E-state index in [4.69, 9.17) is 16.4 Å². The number of halogens is 8. The molecule has 4 rings (SSSR count). The summed E-state index contributed by atoms with van der Waals surface area (Å²) in [6.45, 7) is 1.53. The van der Waals surface area contributed by atoms with Crippen molar-refractivity contribution < 1.29 is 40.4 Å². The molecule has 0 unspecified atom stereocenters. The van der Waals surface area contributed by atoms with Crippen LogP contribution in [0.25, 0.3) is 0 Å². The van der Waals surface area contributed by atoms with Crippen LogP contribution in [0.3, 0.4) is 0 Å². The van der Waals surface area contributed by atoms with E-state index in [0.717, 1.165) is 12.1 Å². The smallest absolute Gasteiger partial charge is 0.374 e. The largest absolute Gasteiger partial charge is 0.435 e. The predicted octanol–water partition coefficient (Wildman–Crippen LogP) is 6.70. The highest BCUT2D eigenvalue weighted by molar-refractivity contribution is 6.30. The maximum Gasteiger partial charge on any atom is 0.435 e. The van der Waals surface area contributed by atoms with Gasteiger partial charge in [-0.3, -0.25) is 4.79 Å². The minimum atomic E-state index is -5.03. The van der Waals surface area contributed by atoms with Crippen LogP contribution in [0.2, 0.25) is 5.02 Å². The van der Waals surface area contributed by atoms with Crippen molar-refractivity contribution in [3.8, 4) is 0 Å². The first-order valence-corrected chi connectivity index (χ1v) is 10.8. The number of oxime groups is 1. The fourth-order valence-corrected chi connectivity index (χ4v) is 4.40. The molecule has 1 heterocycles. The van der Waals surface area contributed by atoms with Crippen LogP contribution in [0.15, 0.2) is 41.6 Å². The van der Waals surface area contributed by atoms with Crippen LogP contribution >= 0.6 is 11.6 Å². The third-order valence-corrected chi connectivity index (χ3v) is 6.27. The number of amides is 1. The second kappa shape index (κ2) is 8.69. The summed E-state index contributed by atoms with van der Waals surface area (Å²) < 4.78 is 94.9. The molecule has 1 atom stereocenters. The number of hydrogen-bond donors (Lipinski definition) is 1. The molecule has 0 saturated heterocycles. The van der Waals surface area contributed by atoms with Gasteiger partial charge >= 0.3 is 6.18 Å². The molecule has 0 bridgehead atoms. The number of nitrogens with zero attached hydrogens (tertiary/aromatic N) is 1. The molecule has 2 aromatic carbocycles. The van der Waals surface area contributed by atoms with Gasteiger partial charge in [0.25, 0.3) is 23.9 Å². The summed E-state index contributed by atoms with van der Waals surface area (Å²) in [5.41, 5.74) is -3.69. The van der Waals surface area contributed by atoms with E-state index < -0.39 is 66.5 Å². The minimum Gasteiger partial charge on any atom is -0.374 e. The standard InChI is InChI=1S/C23H18ClF7N2O2/c1-11-4-12(2-3-17(11)20(34)32-16-8-21(27,28)9-16)18-10-22(35-33-18,23(29,30)31)14-5-13(19(25)26)6-15(24)7-14/h2-7,16,19H,8-10H2,1H3,(H,32,34)/t22-/m0/s1. The summed E-state index contributed by atoms with van der Waals surface area (Å²) in [5, 5.41) is 5.78. The highest BCUT2D eigenvalue weighted by Gasteiger charge is 2.62. The number of rotatable bonds is 5. The second-order valence-electron chi connectivity index (χ2n) is 8.67. The van der Waals surface area contributed by atoms with Crippen LogP contribution in [-0.4, -0.2) is 29.8 Å². The van der Waals surface area contributed by atoms with Crippen molar-refractivity contribution in [3.63, 3.8) is 0 Å². The fourth-order valence-electron chi connectivity index (χ4n) is 4.15. The van der Waals surface area contributed by atoms with E-state index in [-0.39, 0.29) is 21.9 Å². The Bertz CT molecular complexity index is 1190. The molecular formula is C23H18ClF7N2O2. The Morgan fingerprint density at radius 2 is 1.86 bits per heavy atom. The maximum absolute atomic E-state index is 14.2. The van der Waals surface area contributed by atoms with Gasteiger partial charge in [-0.1, -0.05) is 22.8 Å². The van der Waals surface area contributed by atoms with Crippen LogP contribution < -0.4 is 5.32 Å². The van der Waals surface area contributed by atoms with Crippen molar-refractivity contribution in [1.29, 1.82) is 0 Å². The first kappa shape index (κ1) is 25.3. The van der Waals surface area contributed by atoms with E-state index in [1.165, 1.54) is 25.1 Å². The van der Waals surface area contributed by atoms with Crippen LogP contribution in [-0.2, 0) is 10.4 Å². The molecule has 0 spiro atoms. The van der Waals surface area contributed by atoms with Crippen LogP contribution in [0.4, 0.5) is 30.7 Å². The van der Waals surface area contributed by atoms with E-state index in [1.54, 1.807) is 0 Å². The molecule has 1 amide bonds. The number of carbonyl (C=O) groups is 1. The Morgan fingerprint density at radius 3 is 2.43 bits per heavy atom. The lowest BCUT2D eigenvalue weighted by atomic mass is 9.85. The molecule has 1 saturated carbocycles. The third kappa shape index (κ3) is 4.82. The Morgan fingerprint density at radius 1 is 1.17 bits per heavy atom. The Labute approximate surface area is 200 Å². The first-order valence-electron chi connectivity index (χ1n) is 10.4.